The van der Waals surface area contributed by atoms with Gasteiger partial charge in [0.15, 0.2) is 13.9 Å². The number of hydrogen-bond acceptors (Lipinski definition) is 7. The largest absolute Gasteiger partial charge is 0.497 e. The van der Waals surface area contributed by atoms with E-state index in [4.69, 9.17) is 9.47 Å². The Morgan fingerprint density at radius 1 is 1.04 bits per heavy atom. The first kappa shape index (κ1) is 34.8. The molecule has 0 aromatic heterocycles. The second-order valence-corrected chi connectivity index (χ2v) is 18.0. The summed E-state index contributed by atoms with van der Waals surface area (Å²) in [6.07, 6.45) is 1.60. The third kappa shape index (κ3) is 6.64. The lowest BCUT2D eigenvalue weighted by atomic mass is 9.82. The molecule has 3 aromatic carbocycles. The molecule has 2 N–H and O–H groups in total. The first-order valence-corrected chi connectivity index (χ1v) is 20.2. The Labute approximate surface area is 289 Å². The van der Waals surface area contributed by atoms with Crippen LogP contribution in [-0.2, 0) is 37.8 Å². The van der Waals surface area contributed by atoms with Gasteiger partial charge in [-0.2, -0.15) is 0 Å². The highest BCUT2D eigenvalue weighted by atomic mass is 28.4. The Bertz CT molecular complexity index is 1700. The number of nitrogens with zero attached hydrogens (tertiary/aromatic N) is 3. The van der Waals surface area contributed by atoms with Gasteiger partial charge >= 0.3 is 0 Å². The van der Waals surface area contributed by atoms with Crippen molar-refractivity contribution in [1.82, 2.24) is 4.90 Å². The van der Waals surface area contributed by atoms with Gasteiger partial charge in [0.1, 0.15) is 5.75 Å². The molecule has 0 radical (unpaired) electrons. The van der Waals surface area contributed by atoms with E-state index in [0.717, 1.165) is 29.7 Å². The third-order valence-corrected chi connectivity index (χ3v) is 12.9. The Balaban J connectivity index is 1.34. The van der Waals surface area contributed by atoms with E-state index in [9.17, 15) is 24.3 Å². The van der Waals surface area contributed by atoms with Crippen LogP contribution >= 0.6 is 0 Å². The van der Waals surface area contributed by atoms with Crippen LogP contribution in [0.5, 0.6) is 5.75 Å². The number of piperidine rings is 1. The van der Waals surface area contributed by atoms with Gasteiger partial charge < -0.3 is 34.1 Å². The maximum absolute atomic E-state index is 14.9. The van der Waals surface area contributed by atoms with Gasteiger partial charge in [-0.25, -0.2) is 0 Å². The lowest BCUT2D eigenvalue weighted by Gasteiger charge is -2.32. The highest BCUT2D eigenvalue weighted by molar-refractivity contribution is 6.71. The molecular formula is C38H47N3O7Si. The zero-order valence-corrected chi connectivity index (χ0v) is 29.8. The van der Waals surface area contributed by atoms with Crippen LogP contribution in [0.4, 0.5) is 11.4 Å². The second kappa shape index (κ2) is 14.1. The molecule has 4 atom stereocenters. The summed E-state index contributed by atoms with van der Waals surface area (Å²) >= 11 is 0. The van der Waals surface area contributed by atoms with Gasteiger partial charge in [0.25, 0.3) is 5.91 Å². The topological polar surface area (TPSA) is 120 Å². The predicted molar refractivity (Wildman–Crippen MR) is 190 cm³/mol. The fourth-order valence-electron chi connectivity index (χ4n) is 8.14. The number of carbonyl (C=O) groups is 3. The first-order chi connectivity index (χ1) is 23.5. The number of methoxy groups -OCH3 is 1. The van der Waals surface area contributed by atoms with Crippen molar-refractivity contribution >= 4 is 37.4 Å². The van der Waals surface area contributed by atoms with Crippen LogP contribution in [0.3, 0.4) is 0 Å². The van der Waals surface area contributed by atoms with E-state index in [1.54, 1.807) is 16.9 Å². The molecule has 49 heavy (non-hydrogen) atoms. The molecule has 0 aliphatic carbocycles. The Morgan fingerprint density at radius 2 is 1.80 bits per heavy atom. The highest BCUT2D eigenvalue weighted by Gasteiger charge is 2.66. The first-order valence-electron chi connectivity index (χ1n) is 17.2. The number of ether oxygens (including phenoxy) is 2. The molecule has 10 nitrogen and oxygen atoms in total. The maximum atomic E-state index is 14.9. The van der Waals surface area contributed by atoms with Gasteiger partial charge in [-0.15, -0.1) is 0 Å². The standard InChI is InChI=1S/C38H47N3O7Si/c1-26-36(49(3,4)46)33(23-35(44)39(19-20-42)24-27-11-6-5-7-12-27)48-38(26)31-22-30(47-2)16-17-32(31)41(37(38)45)25-28-13-10-14-29(21-28)40-18-9-8-15-34(40)43/h5-7,10-14,16-17,21-22,26,33,36,42,46H,8-9,15,18-20,23-25H2,1-4H3/t26-,33+,36-,38+/m0/s1. The summed E-state index contributed by atoms with van der Waals surface area (Å²) in [5.41, 5.74) is 2.07. The van der Waals surface area contributed by atoms with E-state index in [2.05, 4.69) is 0 Å². The second-order valence-electron chi connectivity index (χ2n) is 14.0. The van der Waals surface area contributed by atoms with Crippen molar-refractivity contribution in [2.75, 3.05) is 36.6 Å². The number of hydrogen-bond donors (Lipinski definition) is 2. The number of fused-ring (bicyclic) bond motifs is 2. The average molecular weight is 686 g/mol. The van der Waals surface area contributed by atoms with Gasteiger partial charge in [-0.3, -0.25) is 14.4 Å². The van der Waals surface area contributed by atoms with Crippen LogP contribution in [0.1, 0.15) is 49.3 Å². The van der Waals surface area contributed by atoms with Crippen molar-refractivity contribution < 1.29 is 33.8 Å². The van der Waals surface area contributed by atoms with Crippen LogP contribution in [0.2, 0.25) is 18.6 Å². The van der Waals surface area contributed by atoms with Gasteiger partial charge in [-0.1, -0.05) is 49.4 Å². The molecular weight excluding hydrogens is 639 g/mol. The fourth-order valence-corrected chi connectivity index (χ4v) is 10.7. The smallest absolute Gasteiger partial charge is 0.264 e. The molecule has 2 fully saturated rings. The van der Waals surface area contributed by atoms with Crippen LogP contribution < -0.4 is 14.5 Å². The van der Waals surface area contributed by atoms with E-state index in [-0.39, 0.29) is 43.8 Å². The number of aliphatic hydroxyl groups excluding tert-OH is 1. The third-order valence-electron chi connectivity index (χ3n) is 10.4. The van der Waals surface area contributed by atoms with Crippen molar-refractivity contribution in [2.24, 2.45) is 5.92 Å². The maximum Gasteiger partial charge on any atom is 0.264 e. The van der Waals surface area contributed by atoms with Gasteiger partial charge in [0, 0.05) is 48.8 Å². The van der Waals surface area contributed by atoms with Crippen molar-refractivity contribution in [3.63, 3.8) is 0 Å². The molecule has 0 bridgehead atoms. The van der Waals surface area contributed by atoms with Crippen molar-refractivity contribution in [3.8, 4) is 5.75 Å². The predicted octanol–water partition coefficient (Wildman–Crippen LogP) is 4.97. The number of rotatable bonds is 11. The van der Waals surface area contributed by atoms with Crippen LogP contribution in [-0.4, -0.2) is 73.8 Å². The monoisotopic (exact) mass is 685 g/mol. The van der Waals surface area contributed by atoms with Crippen molar-refractivity contribution in [3.05, 3.63) is 89.5 Å². The molecule has 3 amide bonds. The minimum Gasteiger partial charge on any atom is -0.497 e. The van der Waals surface area contributed by atoms with E-state index in [1.807, 2.05) is 97.7 Å². The van der Waals surface area contributed by atoms with E-state index < -0.39 is 31.5 Å². The molecule has 11 heteroatoms. The summed E-state index contributed by atoms with van der Waals surface area (Å²) in [7, 11) is -1.45. The zero-order chi connectivity index (χ0) is 34.9. The molecule has 3 aliphatic heterocycles. The molecule has 260 valence electrons. The number of anilines is 2. The Hall–Kier alpha value is -4.03. The summed E-state index contributed by atoms with van der Waals surface area (Å²) in [6.45, 7) is 6.83. The van der Waals surface area contributed by atoms with E-state index in [0.29, 0.717) is 36.5 Å². The molecule has 3 heterocycles. The number of aliphatic hydroxyl groups is 1. The van der Waals surface area contributed by atoms with Gasteiger partial charge in [0.2, 0.25) is 11.8 Å². The number of carbonyl (C=O) groups excluding carboxylic acids is 3. The summed E-state index contributed by atoms with van der Waals surface area (Å²) in [4.78, 5) is 58.4. The Morgan fingerprint density at radius 3 is 2.49 bits per heavy atom. The van der Waals surface area contributed by atoms with Crippen molar-refractivity contribution in [1.29, 1.82) is 0 Å². The molecule has 1 spiro atoms. The molecule has 0 saturated carbocycles. The molecule has 0 unspecified atom stereocenters. The minimum atomic E-state index is -3.02. The molecule has 6 rings (SSSR count). The minimum absolute atomic E-state index is 0.0426. The van der Waals surface area contributed by atoms with Crippen LogP contribution in [0.15, 0.2) is 72.8 Å². The van der Waals surface area contributed by atoms with Gasteiger partial charge in [-0.05, 0) is 67.4 Å². The lowest BCUT2D eigenvalue weighted by Crippen LogP contribution is -2.46. The van der Waals surface area contributed by atoms with Crippen LogP contribution in [0, 0.1) is 5.92 Å². The van der Waals surface area contributed by atoms with E-state index >= 15 is 0 Å². The SMILES string of the molecule is COc1ccc2c(c1)[C@@]1(O[C@H](CC(=O)N(CCO)Cc3ccccc3)[C@@H]([Si](C)(C)O)[C@@H]1C)C(=O)N2Cc1cccc(N2CCCCC2=O)c1. The highest BCUT2D eigenvalue weighted by Crippen LogP contribution is 2.60. The zero-order valence-electron chi connectivity index (χ0n) is 28.8. The normalized spacial score (nSPS) is 23.7. The lowest BCUT2D eigenvalue weighted by molar-refractivity contribution is -0.150. The van der Waals surface area contributed by atoms with Crippen LogP contribution in [0.25, 0.3) is 0 Å². The van der Waals surface area contributed by atoms with Gasteiger partial charge in [0.05, 0.1) is 38.5 Å². The average Bonchev–Trinajstić information content (AvgIpc) is 3.51. The van der Waals surface area contributed by atoms with E-state index in [1.165, 1.54) is 0 Å². The number of amides is 3. The fraction of sp³-hybridized carbons (Fsp3) is 0.447. The summed E-state index contributed by atoms with van der Waals surface area (Å²) < 4.78 is 12.5. The van der Waals surface area contributed by atoms with Crippen molar-refractivity contribution in [2.45, 2.75) is 76.0 Å². The summed E-state index contributed by atoms with van der Waals surface area (Å²) in [6, 6.07) is 22.9. The summed E-state index contributed by atoms with van der Waals surface area (Å²) in [5.74, 6) is -0.250. The molecule has 3 aliphatic rings. The number of benzene rings is 3. The molecule has 2 saturated heterocycles. The summed E-state index contributed by atoms with van der Waals surface area (Å²) in [5, 5.41) is 9.82. The quantitative estimate of drug-likeness (QED) is 0.274. The Kier molecular flexibility index (Phi) is 9.99. The molecule has 3 aromatic rings.